The van der Waals surface area contributed by atoms with Gasteiger partial charge < -0.3 is 10.1 Å². The summed E-state index contributed by atoms with van der Waals surface area (Å²) in [6.07, 6.45) is 2.00. The van der Waals surface area contributed by atoms with Gasteiger partial charge in [-0.3, -0.25) is 9.69 Å². The molecule has 1 amide bonds. The lowest BCUT2D eigenvalue weighted by atomic mass is 10.1. The second-order valence-corrected chi connectivity index (χ2v) is 7.71. The van der Waals surface area contributed by atoms with Gasteiger partial charge in [0.15, 0.2) is 6.10 Å². The van der Waals surface area contributed by atoms with Gasteiger partial charge in [0, 0.05) is 18.5 Å². The number of hydrogen-bond donors (Lipinski definition) is 1. The van der Waals surface area contributed by atoms with Crippen molar-refractivity contribution in [2.75, 3.05) is 13.1 Å². The lowest BCUT2D eigenvalue weighted by Gasteiger charge is -2.19. The molecule has 0 bridgehead atoms. The van der Waals surface area contributed by atoms with Gasteiger partial charge in [-0.2, -0.15) is 0 Å². The standard InChI is InChI=1S/C25H28N2O2/c1-19(29-24-14-8-12-20-9-4-5-13-23(20)24)25(28)26-17-21-10-2-3-11-22(21)18-27-15-6-7-16-27/h2-5,8-14,19H,6-7,15-18H2,1H3,(H,26,28). The minimum Gasteiger partial charge on any atom is -0.480 e. The highest BCUT2D eigenvalue weighted by molar-refractivity contribution is 5.89. The van der Waals surface area contributed by atoms with Gasteiger partial charge in [0.25, 0.3) is 5.91 Å². The van der Waals surface area contributed by atoms with E-state index in [2.05, 4.69) is 28.4 Å². The first kappa shape index (κ1) is 19.5. The predicted molar refractivity (Wildman–Crippen MR) is 117 cm³/mol. The van der Waals surface area contributed by atoms with Gasteiger partial charge in [-0.15, -0.1) is 0 Å². The van der Waals surface area contributed by atoms with Gasteiger partial charge in [0.05, 0.1) is 0 Å². The lowest BCUT2D eigenvalue weighted by molar-refractivity contribution is -0.127. The van der Waals surface area contributed by atoms with E-state index in [0.29, 0.717) is 6.54 Å². The number of nitrogens with zero attached hydrogens (tertiary/aromatic N) is 1. The summed E-state index contributed by atoms with van der Waals surface area (Å²) >= 11 is 0. The molecular weight excluding hydrogens is 360 g/mol. The fourth-order valence-electron chi connectivity index (χ4n) is 3.93. The van der Waals surface area contributed by atoms with Crippen LogP contribution in [0.2, 0.25) is 0 Å². The molecule has 1 heterocycles. The molecule has 1 atom stereocenters. The Morgan fingerprint density at radius 3 is 2.48 bits per heavy atom. The molecule has 150 valence electrons. The Bertz CT molecular complexity index is 974. The van der Waals surface area contributed by atoms with Crippen molar-refractivity contribution in [3.63, 3.8) is 0 Å². The molecule has 0 aliphatic carbocycles. The number of carbonyl (C=O) groups excluding carboxylic acids is 1. The minimum absolute atomic E-state index is 0.103. The number of amides is 1. The Morgan fingerprint density at radius 2 is 1.66 bits per heavy atom. The average molecular weight is 389 g/mol. The van der Waals surface area contributed by atoms with E-state index in [-0.39, 0.29) is 5.91 Å². The van der Waals surface area contributed by atoms with E-state index >= 15 is 0 Å². The van der Waals surface area contributed by atoms with E-state index in [1.807, 2.05) is 48.5 Å². The van der Waals surface area contributed by atoms with Crippen LogP contribution in [0.5, 0.6) is 5.75 Å². The number of carbonyl (C=O) groups is 1. The zero-order valence-electron chi connectivity index (χ0n) is 16.9. The zero-order chi connectivity index (χ0) is 20.1. The Morgan fingerprint density at radius 1 is 0.966 bits per heavy atom. The second-order valence-electron chi connectivity index (χ2n) is 7.71. The third kappa shape index (κ3) is 4.77. The van der Waals surface area contributed by atoms with Crippen LogP contribution in [0.25, 0.3) is 10.8 Å². The van der Waals surface area contributed by atoms with Gasteiger partial charge in [0.2, 0.25) is 0 Å². The highest BCUT2D eigenvalue weighted by atomic mass is 16.5. The first-order valence-corrected chi connectivity index (χ1v) is 10.4. The van der Waals surface area contributed by atoms with Gasteiger partial charge >= 0.3 is 0 Å². The molecule has 29 heavy (non-hydrogen) atoms. The van der Waals surface area contributed by atoms with Crippen molar-refractivity contribution in [1.29, 1.82) is 0 Å². The van der Waals surface area contributed by atoms with Crippen LogP contribution in [-0.4, -0.2) is 30.0 Å². The molecule has 0 aromatic heterocycles. The summed E-state index contributed by atoms with van der Waals surface area (Å²) in [6, 6.07) is 22.3. The van der Waals surface area contributed by atoms with Crippen molar-refractivity contribution in [2.45, 2.75) is 39.0 Å². The van der Waals surface area contributed by atoms with Crippen LogP contribution in [0.3, 0.4) is 0 Å². The average Bonchev–Trinajstić information content (AvgIpc) is 3.26. The highest BCUT2D eigenvalue weighted by Gasteiger charge is 2.17. The molecule has 4 nitrogen and oxygen atoms in total. The maximum Gasteiger partial charge on any atom is 0.261 e. The van der Waals surface area contributed by atoms with Crippen LogP contribution in [-0.2, 0) is 17.9 Å². The molecule has 3 aromatic carbocycles. The molecule has 1 N–H and O–H groups in total. The summed E-state index contributed by atoms with van der Waals surface area (Å²) in [7, 11) is 0. The molecule has 1 saturated heterocycles. The Kier molecular flexibility index (Phi) is 6.11. The van der Waals surface area contributed by atoms with Crippen LogP contribution in [0, 0.1) is 0 Å². The number of fused-ring (bicyclic) bond motifs is 1. The number of likely N-dealkylation sites (tertiary alicyclic amines) is 1. The SMILES string of the molecule is CC(Oc1cccc2ccccc12)C(=O)NCc1ccccc1CN1CCCC1. The third-order valence-electron chi connectivity index (χ3n) is 5.59. The van der Waals surface area contributed by atoms with Crippen LogP contribution >= 0.6 is 0 Å². The molecule has 1 fully saturated rings. The van der Waals surface area contributed by atoms with E-state index in [1.54, 1.807) is 6.92 Å². The quantitative estimate of drug-likeness (QED) is 0.647. The molecule has 3 aromatic rings. The van der Waals surface area contributed by atoms with E-state index in [9.17, 15) is 4.79 Å². The van der Waals surface area contributed by atoms with E-state index in [0.717, 1.165) is 36.2 Å². The summed E-state index contributed by atoms with van der Waals surface area (Å²) in [5.41, 5.74) is 2.46. The fourth-order valence-corrected chi connectivity index (χ4v) is 3.93. The minimum atomic E-state index is -0.563. The fraction of sp³-hybridized carbons (Fsp3) is 0.320. The first-order chi connectivity index (χ1) is 14.2. The first-order valence-electron chi connectivity index (χ1n) is 10.4. The molecule has 1 aliphatic heterocycles. The van der Waals surface area contributed by atoms with Gasteiger partial charge in [-0.25, -0.2) is 0 Å². The number of rotatable bonds is 7. The van der Waals surface area contributed by atoms with Crippen LogP contribution in [0.1, 0.15) is 30.9 Å². The highest BCUT2D eigenvalue weighted by Crippen LogP contribution is 2.26. The summed E-state index contributed by atoms with van der Waals surface area (Å²) in [6.45, 7) is 5.60. The molecule has 1 aliphatic rings. The maximum absolute atomic E-state index is 12.7. The van der Waals surface area contributed by atoms with Gasteiger partial charge in [0.1, 0.15) is 5.75 Å². The molecule has 4 heteroatoms. The smallest absolute Gasteiger partial charge is 0.261 e. The lowest BCUT2D eigenvalue weighted by Crippen LogP contribution is -2.36. The van der Waals surface area contributed by atoms with Gasteiger partial charge in [-0.05, 0) is 55.4 Å². The van der Waals surface area contributed by atoms with Crippen molar-refractivity contribution in [2.24, 2.45) is 0 Å². The molecule has 0 spiro atoms. The Hall–Kier alpha value is -2.85. The summed E-state index contributed by atoms with van der Waals surface area (Å²) in [5.74, 6) is 0.633. The molecular formula is C25H28N2O2. The van der Waals surface area contributed by atoms with E-state index in [1.165, 1.54) is 24.0 Å². The monoisotopic (exact) mass is 388 g/mol. The predicted octanol–water partition coefficient (Wildman–Crippen LogP) is 4.52. The molecule has 0 saturated carbocycles. The van der Waals surface area contributed by atoms with Crippen LogP contribution < -0.4 is 10.1 Å². The summed E-state index contributed by atoms with van der Waals surface area (Å²) in [4.78, 5) is 15.1. The summed E-state index contributed by atoms with van der Waals surface area (Å²) < 4.78 is 6.00. The number of benzene rings is 3. The largest absolute Gasteiger partial charge is 0.480 e. The van der Waals surface area contributed by atoms with E-state index < -0.39 is 6.10 Å². The number of hydrogen-bond acceptors (Lipinski definition) is 3. The molecule has 1 unspecified atom stereocenters. The second kappa shape index (κ2) is 9.10. The van der Waals surface area contributed by atoms with Crippen molar-refractivity contribution in [1.82, 2.24) is 10.2 Å². The maximum atomic E-state index is 12.7. The van der Waals surface area contributed by atoms with Crippen molar-refractivity contribution < 1.29 is 9.53 Å². The zero-order valence-corrected chi connectivity index (χ0v) is 16.9. The van der Waals surface area contributed by atoms with Crippen LogP contribution in [0.4, 0.5) is 0 Å². The molecule has 4 rings (SSSR count). The Labute approximate surface area is 172 Å². The van der Waals surface area contributed by atoms with Crippen LogP contribution in [0.15, 0.2) is 66.7 Å². The van der Waals surface area contributed by atoms with Gasteiger partial charge in [-0.1, -0.05) is 60.7 Å². The topological polar surface area (TPSA) is 41.6 Å². The number of ether oxygens (including phenoxy) is 1. The third-order valence-corrected chi connectivity index (χ3v) is 5.59. The van der Waals surface area contributed by atoms with E-state index in [4.69, 9.17) is 4.74 Å². The molecule has 0 radical (unpaired) electrons. The van der Waals surface area contributed by atoms with Crippen molar-refractivity contribution in [3.05, 3.63) is 77.9 Å². The normalized spacial score (nSPS) is 15.3. The Balaban J connectivity index is 1.38. The number of nitrogens with one attached hydrogen (secondary N) is 1. The van der Waals surface area contributed by atoms with Crippen molar-refractivity contribution in [3.8, 4) is 5.75 Å². The summed E-state index contributed by atoms with van der Waals surface area (Å²) in [5, 5.41) is 5.17. The van der Waals surface area contributed by atoms with Crippen molar-refractivity contribution >= 4 is 16.7 Å².